The number of likely N-dealkylation sites (tertiary alicyclic amines) is 1. The first-order chi connectivity index (χ1) is 11.5. The number of carbonyl (C=O) groups is 1. The molecule has 1 aromatic carbocycles. The molecule has 128 valence electrons. The lowest BCUT2D eigenvalue weighted by Gasteiger charge is -2.32. The molecule has 2 aromatic rings. The zero-order chi connectivity index (χ0) is 17.1. The number of rotatable bonds is 4. The fourth-order valence-electron chi connectivity index (χ4n) is 2.68. The van der Waals surface area contributed by atoms with Crippen LogP contribution in [-0.2, 0) is 11.3 Å². The highest BCUT2D eigenvalue weighted by Gasteiger charge is 2.27. The summed E-state index contributed by atoms with van der Waals surface area (Å²) in [7, 11) is 0. The average Bonchev–Trinajstić information content (AvgIpc) is 3.00. The Balaban J connectivity index is 1.62. The maximum Gasteiger partial charge on any atom is 0.257 e. The topological polar surface area (TPSA) is 68.5 Å². The zero-order valence-corrected chi connectivity index (χ0v) is 13.2. The van der Waals surface area contributed by atoms with Crippen molar-refractivity contribution in [2.45, 2.75) is 32.5 Å². The van der Waals surface area contributed by atoms with Gasteiger partial charge in [0.05, 0.1) is 11.7 Å². The number of amides is 1. The highest BCUT2D eigenvalue weighted by Crippen LogP contribution is 2.19. The first kappa shape index (κ1) is 16.5. The molecule has 0 spiro atoms. The van der Waals surface area contributed by atoms with Gasteiger partial charge in [0.2, 0.25) is 0 Å². The quantitative estimate of drug-likeness (QED) is 0.857. The van der Waals surface area contributed by atoms with E-state index in [4.69, 9.17) is 9.26 Å². The zero-order valence-electron chi connectivity index (χ0n) is 13.2. The van der Waals surface area contributed by atoms with E-state index in [9.17, 15) is 13.6 Å². The Bertz CT molecular complexity index is 735. The van der Waals surface area contributed by atoms with Crippen molar-refractivity contribution in [2.24, 2.45) is 0 Å². The summed E-state index contributed by atoms with van der Waals surface area (Å²) in [5, 5.41) is 3.67. The third kappa shape index (κ3) is 3.76. The Morgan fingerprint density at radius 1 is 1.46 bits per heavy atom. The number of hydrogen-bond donors (Lipinski definition) is 0. The van der Waals surface area contributed by atoms with E-state index < -0.39 is 17.5 Å². The van der Waals surface area contributed by atoms with Crippen molar-refractivity contribution in [2.75, 3.05) is 13.1 Å². The Labute approximate surface area is 137 Å². The fourth-order valence-corrected chi connectivity index (χ4v) is 2.68. The van der Waals surface area contributed by atoms with Crippen molar-refractivity contribution in [3.8, 4) is 0 Å². The summed E-state index contributed by atoms with van der Waals surface area (Å²) in [6.07, 6.45) is 1.27. The van der Waals surface area contributed by atoms with Crippen molar-refractivity contribution < 1.29 is 22.8 Å². The molecule has 1 amide bonds. The molecule has 8 heteroatoms. The Kier molecular flexibility index (Phi) is 4.84. The van der Waals surface area contributed by atoms with E-state index in [0.717, 1.165) is 31.0 Å². The molecule has 2 heterocycles. The molecule has 0 saturated carbocycles. The Morgan fingerprint density at radius 2 is 2.29 bits per heavy atom. The molecule has 24 heavy (non-hydrogen) atoms. The highest BCUT2D eigenvalue weighted by molar-refractivity contribution is 5.94. The van der Waals surface area contributed by atoms with Gasteiger partial charge in [0.15, 0.2) is 5.82 Å². The van der Waals surface area contributed by atoms with Crippen LogP contribution in [0.4, 0.5) is 8.78 Å². The van der Waals surface area contributed by atoms with E-state index in [0.29, 0.717) is 24.8 Å². The second kappa shape index (κ2) is 7.04. The minimum absolute atomic E-state index is 0.155. The van der Waals surface area contributed by atoms with Gasteiger partial charge in [0.25, 0.3) is 11.8 Å². The summed E-state index contributed by atoms with van der Waals surface area (Å²) >= 11 is 0. The van der Waals surface area contributed by atoms with Gasteiger partial charge in [0.1, 0.15) is 18.2 Å². The number of aromatic nitrogens is 2. The molecule has 3 rings (SSSR count). The van der Waals surface area contributed by atoms with Crippen molar-refractivity contribution >= 4 is 5.91 Å². The Morgan fingerprint density at radius 3 is 3.04 bits per heavy atom. The molecule has 0 radical (unpaired) electrons. The standard InChI is InChI=1S/C16H17F2N3O3/c1-10-19-15(24-20-10)9-23-12-3-2-6-21(8-12)16(22)13-7-11(17)4-5-14(13)18/h4-5,7,12H,2-3,6,8-9H2,1H3. The average molecular weight is 337 g/mol. The summed E-state index contributed by atoms with van der Waals surface area (Å²) in [6, 6.07) is 2.86. The first-order valence-corrected chi connectivity index (χ1v) is 7.68. The van der Waals surface area contributed by atoms with Crippen LogP contribution in [0.2, 0.25) is 0 Å². The van der Waals surface area contributed by atoms with Crippen molar-refractivity contribution in [1.29, 1.82) is 0 Å². The van der Waals surface area contributed by atoms with Crippen molar-refractivity contribution in [3.63, 3.8) is 0 Å². The predicted octanol–water partition coefficient (Wildman–Crippen LogP) is 2.48. The van der Waals surface area contributed by atoms with Crippen LogP contribution in [0.3, 0.4) is 0 Å². The number of ether oxygens (including phenoxy) is 1. The number of nitrogens with zero attached hydrogens (tertiary/aromatic N) is 3. The molecular weight excluding hydrogens is 320 g/mol. The molecule has 1 fully saturated rings. The van der Waals surface area contributed by atoms with Gasteiger partial charge in [-0.15, -0.1) is 0 Å². The highest BCUT2D eigenvalue weighted by atomic mass is 19.1. The predicted molar refractivity (Wildman–Crippen MR) is 79.1 cm³/mol. The number of benzene rings is 1. The van der Waals surface area contributed by atoms with E-state index in [1.54, 1.807) is 6.92 Å². The molecular formula is C16H17F2N3O3. The summed E-state index contributed by atoms with van der Waals surface area (Å²) in [4.78, 5) is 17.9. The van der Waals surface area contributed by atoms with Crippen LogP contribution in [-0.4, -0.2) is 40.1 Å². The van der Waals surface area contributed by atoms with Crippen LogP contribution in [0.1, 0.15) is 34.9 Å². The maximum atomic E-state index is 13.8. The smallest absolute Gasteiger partial charge is 0.257 e. The minimum atomic E-state index is -0.731. The lowest BCUT2D eigenvalue weighted by Crippen LogP contribution is -2.43. The van der Waals surface area contributed by atoms with Gasteiger partial charge in [-0.1, -0.05) is 5.16 Å². The minimum Gasteiger partial charge on any atom is -0.367 e. The summed E-state index contributed by atoms with van der Waals surface area (Å²) in [5.74, 6) is -1.02. The van der Waals surface area contributed by atoms with Gasteiger partial charge in [-0.25, -0.2) is 8.78 Å². The molecule has 1 aliphatic heterocycles. The van der Waals surface area contributed by atoms with Crippen molar-refractivity contribution in [1.82, 2.24) is 15.0 Å². The maximum absolute atomic E-state index is 13.8. The summed E-state index contributed by atoms with van der Waals surface area (Å²) in [5.41, 5.74) is -0.261. The molecule has 1 aromatic heterocycles. The van der Waals surface area contributed by atoms with Crippen LogP contribution in [0.25, 0.3) is 0 Å². The number of carbonyl (C=O) groups excluding carboxylic acids is 1. The van der Waals surface area contributed by atoms with Crippen LogP contribution in [0.15, 0.2) is 22.7 Å². The van der Waals surface area contributed by atoms with Crippen LogP contribution < -0.4 is 0 Å². The van der Waals surface area contributed by atoms with Crippen LogP contribution in [0.5, 0.6) is 0 Å². The SMILES string of the molecule is Cc1noc(COC2CCCN(C(=O)c3cc(F)ccc3F)C2)n1. The largest absolute Gasteiger partial charge is 0.367 e. The lowest BCUT2D eigenvalue weighted by molar-refractivity contribution is -0.0154. The summed E-state index contributed by atoms with van der Waals surface area (Å²) < 4.78 is 37.7. The van der Waals surface area contributed by atoms with Gasteiger partial charge in [-0.05, 0) is 38.0 Å². The lowest BCUT2D eigenvalue weighted by atomic mass is 10.1. The third-order valence-electron chi connectivity index (χ3n) is 3.84. The second-order valence-corrected chi connectivity index (χ2v) is 5.69. The van der Waals surface area contributed by atoms with E-state index >= 15 is 0 Å². The number of halogens is 2. The van der Waals surface area contributed by atoms with E-state index in [1.165, 1.54) is 4.90 Å². The molecule has 1 aliphatic rings. The van der Waals surface area contributed by atoms with E-state index in [2.05, 4.69) is 10.1 Å². The van der Waals surface area contributed by atoms with Gasteiger partial charge < -0.3 is 14.2 Å². The number of piperidine rings is 1. The first-order valence-electron chi connectivity index (χ1n) is 7.68. The third-order valence-corrected chi connectivity index (χ3v) is 3.84. The second-order valence-electron chi connectivity index (χ2n) is 5.69. The number of aryl methyl sites for hydroxylation is 1. The molecule has 1 atom stereocenters. The molecule has 1 saturated heterocycles. The van der Waals surface area contributed by atoms with Crippen LogP contribution in [0, 0.1) is 18.6 Å². The molecule has 6 nitrogen and oxygen atoms in total. The normalized spacial score (nSPS) is 18.0. The number of hydrogen-bond acceptors (Lipinski definition) is 5. The molecule has 0 aliphatic carbocycles. The molecule has 1 unspecified atom stereocenters. The van der Waals surface area contributed by atoms with Gasteiger partial charge in [-0.3, -0.25) is 4.79 Å². The van der Waals surface area contributed by atoms with Gasteiger partial charge in [-0.2, -0.15) is 4.98 Å². The monoisotopic (exact) mass is 337 g/mol. The van der Waals surface area contributed by atoms with Crippen LogP contribution >= 0.6 is 0 Å². The molecule has 0 bridgehead atoms. The molecule has 0 N–H and O–H groups in total. The summed E-state index contributed by atoms with van der Waals surface area (Å²) in [6.45, 7) is 2.65. The Hall–Kier alpha value is -2.35. The van der Waals surface area contributed by atoms with Gasteiger partial charge in [0, 0.05) is 13.1 Å². The fraction of sp³-hybridized carbons (Fsp3) is 0.438. The van der Waals surface area contributed by atoms with Gasteiger partial charge >= 0.3 is 0 Å². The van der Waals surface area contributed by atoms with Crippen molar-refractivity contribution in [3.05, 3.63) is 47.1 Å². The van der Waals surface area contributed by atoms with E-state index in [-0.39, 0.29) is 18.3 Å². The van der Waals surface area contributed by atoms with E-state index in [1.807, 2.05) is 0 Å².